The van der Waals surface area contributed by atoms with Gasteiger partial charge in [0.15, 0.2) is 0 Å². The Bertz CT molecular complexity index is 4020. The van der Waals surface area contributed by atoms with Crippen LogP contribution in [0.4, 0.5) is 22.7 Å². The van der Waals surface area contributed by atoms with Crippen molar-refractivity contribution in [1.82, 2.24) is 0 Å². The summed E-state index contributed by atoms with van der Waals surface area (Å²) in [5, 5.41) is 38.9. The summed E-state index contributed by atoms with van der Waals surface area (Å²) in [4.78, 5) is 3.57. The summed E-state index contributed by atoms with van der Waals surface area (Å²) >= 11 is 0. The zero-order chi connectivity index (χ0) is 50.9. The van der Waals surface area contributed by atoms with E-state index in [0.717, 1.165) is 18.2 Å². The number of fused-ring (bicyclic) bond motifs is 2. The molecular weight excluding hydrogens is 1170 g/mol. The molecule has 0 spiro atoms. The molecule has 37 heteroatoms. The SMILES string of the molecule is Cc1ccc(C([O-])=Nc2ccc(S(=O)(=O)O)c3cc(S(=O)(=O)[O-])cc(S(=O)(=O)O)c23)cc1N=C([O-])Nc1cc(C([O-])=Nc2ccc(S(=O)(=O)[O-])c3cc(S(=O)(=O)[O-])cc(S(=O)(=O)O)c23)ccc1C.[Na+].[Na+].[Na+].[Na+].[Na+].[Na+]. The van der Waals surface area contributed by atoms with Gasteiger partial charge in [0.25, 0.3) is 30.4 Å². The molecule has 0 aliphatic heterocycles. The normalized spacial score (nSPS) is 12.7. The maximum absolute atomic E-state index is 13.5. The van der Waals surface area contributed by atoms with Crippen molar-refractivity contribution in [3.63, 3.8) is 0 Å². The predicted octanol–water partition coefficient (Wildman–Crippen LogP) is -17.6. The molecule has 0 saturated carbocycles. The quantitative estimate of drug-likeness (QED) is 0.0382. The summed E-state index contributed by atoms with van der Waals surface area (Å²) < 4.78 is 210. The maximum Gasteiger partial charge on any atom is 1.00 e. The van der Waals surface area contributed by atoms with Crippen LogP contribution in [0.25, 0.3) is 21.5 Å². The Labute approximate surface area is 555 Å². The Balaban J connectivity index is 0.00000888. The van der Waals surface area contributed by atoms with Gasteiger partial charge < -0.3 is 34.3 Å². The number of nitrogens with zero attached hydrogens (tertiary/aromatic N) is 3. The van der Waals surface area contributed by atoms with Gasteiger partial charge in [-0.2, -0.15) is 25.3 Å². The molecule has 360 valence electrons. The predicted molar refractivity (Wildman–Crippen MR) is 227 cm³/mol. The average Bonchev–Trinajstić information content (AvgIpc) is 3.19. The summed E-state index contributed by atoms with van der Waals surface area (Å²) in [5.41, 5.74) is -1.91. The fourth-order valence-corrected chi connectivity index (χ4v) is 10.5. The zero-order valence-corrected chi connectivity index (χ0v) is 56.5. The van der Waals surface area contributed by atoms with E-state index in [0.29, 0.717) is 30.3 Å². The van der Waals surface area contributed by atoms with Crippen LogP contribution in [-0.2, 0) is 60.7 Å². The van der Waals surface area contributed by atoms with Crippen molar-refractivity contribution in [2.24, 2.45) is 15.0 Å². The van der Waals surface area contributed by atoms with Crippen LogP contribution in [0.3, 0.4) is 0 Å². The molecule has 0 saturated heterocycles. The summed E-state index contributed by atoms with van der Waals surface area (Å²) in [6, 6.07) is 9.47. The number of amidine groups is 1. The van der Waals surface area contributed by atoms with Gasteiger partial charge in [-0.05, 0) is 109 Å². The number of aryl methyl sites for hydroxylation is 2. The van der Waals surface area contributed by atoms with Crippen LogP contribution in [0.2, 0.25) is 0 Å². The molecule has 0 aromatic heterocycles. The van der Waals surface area contributed by atoms with Gasteiger partial charge in [-0.1, -0.05) is 24.3 Å². The summed E-state index contributed by atoms with van der Waals surface area (Å²) in [6.07, 6.45) is 0. The molecular formula is C37H24N4Na6O21S6. The second-order valence-electron chi connectivity index (χ2n) is 14.0. The third-order valence-electron chi connectivity index (χ3n) is 9.51. The van der Waals surface area contributed by atoms with Gasteiger partial charge in [-0.25, -0.2) is 30.2 Å². The van der Waals surface area contributed by atoms with Crippen molar-refractivity contribution in [2.75, 3.05) is 5.32 Å². The van der Waals surface area contributed by atoms with E-state index in [4.69, 9.17) is 0 Å². The van der Waals surface area contributed by atoms with E-state index < -0.39 is 141 Å². The number of nitrogens with one attached hydrogen (secondary N) is 1. The smallest absolute Gasteiger partial charge is 0.858 e. The zero-order valence-electron chi connectivity index (χ0n) is 39.6. The van der Waals surface area contributed by atoms with Gasteiger partial charge in [0.2, 0.25) is 0 Å². The topological polar surface area (TPSA) is 453 Å². The minimum absolute atomic E-state index is 0. The van der Waals surface area contributed by atoms with Crippen molar-refractivity contribution in [3.05, 3.63) is 107 Å². The van der Waals surface area contributed by atoms with E-state index in [2.05, 4.69) is 20.3 Å². The molecule has 0 unspecified atom stereocenters. The largest absolute Gasteiger partial charge is 1.00 e. The monoisotopic (exact) mass is 1190 g/mol. The number of aliphatic imine (C=N–C) groups is 3. The Kier molecular flexibility index (Phi) is 27.1. The number of hydrogen-bond acceptors (Lipinski definition) is 21. The van der Waals surface area contributed by atoms with Crippen molar-refractivity contribution in [3.8, 4) is 0 Å². The van der Waals surface area contributed by atoms with Crippen molar-refractivity contribution in [2.45, 2.75) is 43.2 Å². The van der Waals surface area contributed by atoms with Crippen LogP contribution in [-0.4, -0.2) is 95.6 Å². The average molecular weight is 1190 g/mol. The summed E-state index contributed by atoms with van der Waals surface area (Å²) in [7, 11) is -33.0. The molecule has 0 heterocycles. The molecule has 4 N–H and O–H groups in total. The Morgan fingerprint density at radius 2 is 0.811 bits per heavy atom. The fourth-order valence-electron chi connectivity index (χ4n) is 6.43. The second kappa shape index (κ2) is 27.3. The van der Waals surface area contributed by atoms with Gasteiger partial charge in [0.05, 0.1) is 37.8 Å². The molecule has 25 nitrogen and oxygen atoms in total. The van der Waals surface area contributed by atoms with Gasteiger partial charge in [-0.3, -0.25) is 23.6 Å². The molecule has 6 rings (SSSR count). The number of rotatable bonds is 12. The number of benzene rings is 6. The molecule has 0 amide bonds. The molecule has 0 aliphatic rings. The van der Waals surface area contributed by atoms with Gasteiger partial charge in [-0.15, -0.1) is 0 Å². The van der Waals surface area contributed by atoms with Crippen LogP contribution in [0, 0.1) is 13.8 Å². The van der Waals surface area contributed by atoms with E-state index in [1.165, 1.54) is 38.1 Å². The molecule has 6 aromatic rings. The first-order valence-corrected chi connectivity index (χ1v) is 26.4. The minimum atomic E-state index is -5.55. The maximum atomic E-state index is 13.5. The molecule has 0 radical (unpaired) electrons. The van der Waals surface area contributed by atoms with Crippen molar-refractivity contribution in [1.29, 1.82) is 0 Å². The summed E-state index contributed by atoms with van der Waals surface area (Å²) in [6.45, 7) is 2.91. The van der Waals surface area contributed by atoms with Gasteiger partial charge >= 0.3 is 177 Å². The van der Waals surface area contributed by atoms with Crippen LogP contribution in [0.1, 0.15) is 22.3 Å². The first-order valence-electron chi connectivity index (χ1n) is 17.8. The third kappa shape index (κ3) is 17.3. The molecule has 0 atom stereocenters. The Hall–Kier alpha value is -0.490. The molecule has 0 aliphatic carbocycles. The number of anilines is 1. The molecule has 0 bridgehead atoms. The first-order chi connectivity index (χ1) is 31.0. The minimum Gasteiger partial charge on any atom is -0.858 e. The van der Waals surface area contributed by atoms with Gasteiger partial charge in [0, 0.05) is 27.2 Å². The van der Waals surface area contributed by atoms with Crippen molar-refractivity contribution >= 4 is 123 Å². The van der Waals surface area contributed by atoms with E-state index in [-0.39, 0.29) is 223 Å². The fraction of sp³-hybridized carbons (Fsp3) is 0.0541. The number of hydrogen-bond donors (Lipinski definition) is 4. The van der Waals surface area contributed by atoms with E-state index in [1.54, 1.807) is 0 Å². The molecule has 6 aromatic carbocycles. The van der Waals surface area contributed by atoms with Crippen LogP contribution in [0.5, 0.6) is 0 Å². The van der Waals surface area contributed by atoms with Crippen LogP contribution < -0.4 is 198 Å². The second-order valence-corrected chi connectivity index (χ2v) is 22.3. The van der Waals surface area contributed by atoms with E-state index >= 15 is 0 Å². The van der Waals surface area contributed by atoms with Crippen LogP contribution in [0.15, 0.2) is 129 Å². The van der Waals surface area contributed by atoms with E-state index in [1.807, 2.05) is 0 Å². The van der Waals surface area contributed by atoms with Crippen LogP contribution >= 0.6 is 0 Å². The Morgan fingerprint density at radius 1 is 0.432 bits per heavy atom. The van der Waals surface area contributed by atoms with E-state index in [9.17, 15) is 93.1 Å². The molecule has 74 heavy (non-hydrogen) atoms. The first kappa shape index (κ1) is 73.5. The third-order valence-corrected chi connectivity index (χ3v) is 14.7. The Morgan fingerprint density at radius 3 is 1.20 bits per heavy atom. The van der Waals surface area contributed by atoms with Gasteiger partial charge in [0.1, 0.15) is 45.0 Å². The summed E-state index contributed by atoms with van der Waals surface area (Å²) in [5.74, 6) is -2.46. The molecule has 0 fully saturated rings. The van der Waals surface area contributed by atoms with Crippen molar-refractivity contribution < 1.29 is 270 Å². The standard InChI is InChI=1S/C37H30N4O21S6.6Na/c1-17-3-5-19(35(42)38-25-7-9-29(65(51,52)53)23-13-21(63(45,46)47)15-31(33(23)25)67(57,58)59)11-27(17)40-37(44)41-28-12-20(6-4-18(28)2)36(43)39-26-8-10-30(66(54,55)56)24-14-22(64(48,49)50)16-32(34(24)26)68(60,61)62;;;;;;/h3-16H,1-2H3,(H,38,42)(H,39,43)(H2,40,41,44)(H,45,46,47)(H,48,49,50)(H,51,52,53)(H,54,55,56)(H,57,58,59)(H,60,61,62);;;;;;/q;6*+1/p-6.